The number of oxime groups is 1. The molecule has 0 aliphatic carbocycles. The van der Waals surface area contributed by atoms with Crippen molar-refractivity contribution in [3.05, 3.63) is 160 Å². The van der Waals surface area contributed by atoms with E-state index >= 15 is 0 Å². The standard InChI is InChI=1S/C38H31FN6O6S3/c1-51-43-30(33(46)41-31-34(47)45-32(36(48)49)23(21-53-35(31)45)20-52-29-17-18-44(50)19-27(29)39)28-22-54-37(40-28)42-38(24-11-5-2-6-12-24,25-13-7-3-8-14-25)26-15-9-4-10-16-26/h2-19,22,31,35H,20-21H2,1H3,(H,40,42)(H,41,46)(H,48,49)/b43-30-/t31-,35-/m1/s1. The van der Waals surface area contributed by atoms with Crippen molar-refractivity contribution in [3.8, 4) is 0 Å². The molecule has 0 radical (unpaired) electrons. The van der Waals surface area contributed by atoms with Crippen molar-refractivity contribution >= 4 is 63.5 Å². The fourth-order valence-electron chi connectivity index (χ4n) is 6.40. The van der Waals surface area contributed by atoms with E-state index < -0.39 is 40.6 Å². The molecule has 0 unspecified atom stereocenters. The third kappa shape index (κ3) is 7.02. The van der Waals surface area contributed by atoms with Crippen LogP contribution in [0.2, 0.25) is 0 Å². The number of aliphatic carboxylic acids is 1. The molecule has 4 heterocycles. The molecule has 16 heteroatoms. The van der Waals surface area contributed by atoms with Gasteiger partial charge in [0.15, 0.2) is 17.0 Å². The molecule has 0 spiro atoms. The minimum atomic E-state index is -1.32. The van der Waals surface area contributed by atoms with Gasteiger partial charge in [0.1, 0.15) is 35.5 Å². The number of nitrogens with one attached hydrogen (secondary N) is 2. The first-order valence-corrected chi connectivity index (χ1v) is 19.4. The summed E-state index contributed by atoms with van der Waals surface area (Å²) < 4.78 is 14.6. The average Bonchev–Trinajstić information content (AvgIpc) is 3.66. The van der Waals surface area contributed by atoms with Crippen molar-refractivity contribution in [3.63, 3.8) is 0 Å². The van der Waals surface area contributed by atoms with Gasteiger partial charge in [0, 0.05) is 23.0 Å². The quantitative estimate of drug-likeness (QED) is 0.0276. The molecule has 3 aromatic carbocycles. The number of carboxylic acids is 1. The van der Waals surface area contributed by atoms with Crippen molar-refractivity contribution in [1.82, 2.24) is 15.2 Å². The summed E-state index contributed by atoms with van der Waals surface area (Å²) in [6, 6.07) is 30.1. The Labute approximate surface area is 321 Å². The van der Waals surface area contributed by atoms with Crippen LogP contribution in [0, 0.1) is 11.0 Å². The molecule has 2 aliphatic heterocycles. The normalized spacial score (nSPS) is 17.0. The number of carbonyl (C=O) groups excluding carboxylic acids is 2. The van der Waals surface area contributed by atoms with Gasteiger partial charge < -0.3 is 25.8 Å². The maximum absolute atomic E-state index is 14.3. The third-order valence-corrected chi connectivity index (χ3v) is 12.1. The van der Waals surface area contributed by atoms with Crippen LogP contribution in [0.3, 0.4) is 0 Å². The number of β-lactam (4-membered cyclic amide) rings is 1. The highest BCUT2D eigenvalue weighted by Crippen LogP contribution is 2.43. The maximum atomic E-state index is 14.3. The number of thioether (sulfide) groups is 2. The molecule has 2 aliphatic rings. The predicted molar refractivity (Wildman–Crippen MR) is 204 cm³/mol. The van der Waals surface area contributed by atoms with Gasteiger partial charge in [0.05, 0.1) is 4.90 Å². The molecule has 0 bridgehead atoms. The Morgan fingerprint density at radius 2 is 1.67 bits per heavy atom. The number of carboxylic acid groups (broad SMARTS) is 1. The average molecular weight is 783 g/mol. The number of anilines is 1. The van der Waals surface area contributed by atoms with Gasteiger partial charge in [0.2, 0.25) is 12.0 Å². The Hall–Kier alpha value is -5.71. The van der Waals surface area contributed by atoms with E-state index in [9.17, 15) is 29.1 Å². The first-order chi connectivity index (χ1) is 26.2. The number of hydrogen-bond donors (Lipinski definition) is 3. The van der Waals surface area contributed by atoms with Crippen LogP contribution in [0.4, 0.5) is 9.52 Å². The van der Waals surface area contributed by atoms with Crippen molar-refractivity contribution < 1.29 is 33.4 Å². The van der Waals surface area contributed by atoms with Crippen LogP contribution in [0.25, 0.3) is 0 Å². The SMILES string of the molecule is CO/N=C(\C(=O)N[C@@H]1C(=O)N2C(C(=O)O)=C(CSc3cc[n+]([O-])cc3F)CS[C@H]12)c1csc(NC(c2ccccc2)(c2ccccc2)c2ccccc2)n1. The summed E-state index contributed by atoms with van der Waals surface area (Å²) in [6.07, 6.45) is 1.93. The molecule has 1 saturated heterocycles. The number of rotatable bonds is 13. The number of aromatic nitrogens is 2. The molecule has 7 rings (SSSR count). The van der Waals surface area contributed by atoms with Crippen LogP contribution in [-0.4, -0.2) is 68.5 Å². The number of halogens is 1. The second-order valence-electron chi connectivity index (χ2n) is 12.1. The van der Waals surface area contributed by atoms with E-state index in [1.165, 1.54) is 36.3 Å². The summed E-state index contributed by atoms with van der Waals surface area (Å²) in [7, 11) is 1.29. The Kier molecular flexibility index (Phi) is 10.7. The van der Waals surface area contributed by atoms with Crippen LogP contribution in [-0.2, 0) is 24.8 Å². The molecule has 2 atom stereocenters. The molecule has 3 N–H and O–H groups in total. The van der Waals surface area contributed by atoms with Crippen LogP contribution < -0.4 is 15.4 Å². The Balaban J connectivity index is 1.12. The third-order valence-electron chi connectivity index (χ3n) is 8.85. The summed E-state index contributed by atoms with van der Waals surface area (Å²) in [6.45, 7) is 0. The molecule has 2 aromatic heterocycles. The van der Waals surface area contributed by atoms with E-state index in [1.807, 2.05) is 91.0 Å². The highest BCUT2D eigenvalue weighted by molar-refractivity contribution is 8.01. The Morgan fingerprint density at radius 1 is 1.06 bits per heavy atom. The molecule has 274 valence electrons. The number of amides is 2. The molecular weight excluding hydrogens is 752 g/mol. The highest BCUT2D eigenvalue weighted by atomic mass is 32.2. The van der Waals surface area contributed by atoms with Crippen LogP contribution in [0.1, 0.15) is 22.4 Å². The summed E-state index contributed by atoms with van der Waals surface area (Å²) in [5.41, 5.74) is 2.23. The number of benzene rings is 3. The van der Waals surface area contributed by atoms with Crippen LogP contribution in [0.15, 0.2) is 136 Å². The number of thiazole rings is 1. The summed E-state index contributed by atoms with van der Waals surface area (Å²) in [5.74, 6) is -3.11. The topological polar surface area (TPSA) is 160 Å². The molecule has 12 nitrogen and oxygen atoms in total. The van der Waals surface area contributed by atoms with Crippen molar-refractivity contribution in [2.75, 3.05) is 23.9 Å². The Bertz CT molecular complexity index is 2160. The van der Waals surface area contributed by atoms with E-state index in [0.29, 0.717) is 15.4 Å². The van der Waals surface area contributed by atoms with Gasteiger partial charge in [-0.3, -0.25) is 14.5 Å². The molecule has 2 amide bonds. The first kappa shape index (κ1) is 36.6. The number of hydrogen-bond acceptors (Lipinski definition) is 11. The second kappa shape index (κ2) is 15.7. The molecule has 1 fully saturated rings. The van der Waals surface area contributed by atoms with E-state index in [1.54, 1.807) is 5.38 Å². The largest absolute Gasteiger partial charge is 0.619 e. The zero-order chi connectivity index (χ0) is 37.8. The predicted octanol–water partition coefficient (Wildman–Crippen LogP) is 5.20. The van der Waals surface area contributed by atoms with Crippen molar-refractivity contribution in [2.45, 2.75) is 21.9 Å². The van der Waals surface area contributed by atoms with Gasteiger partial charge in [-0.25, -0.2) is 9.78 Å². The number of nitrogens with zero attached hydrogens (tertiary/aromatic N) is 4. The minimum absolute atomic E-state index is 0.0763. The minimum Gasteiger partial charge on any atom is -0.619 e. The Morgan fingerprint density at radius 3 is 2.22 bits per heavy atom. The number of carbonyl (C=O) groups is 3. The van der Waals surface area contributed by atoms with E-state index in [4.69, 9.17) is 9.82 Å². The number of fused-ring (bicyclic) bond motifs is 1. The monoisotopic (exact) mass is 782 g/mol. The summed E-state index contributed by atoms with van der Waals surface area (Å²) >= 11 is 3.56. The zero-order valence-corrected chi connectivity index (χ0v) is 30.9. The van der Waals surface area contributed by atoms with Gasteiger partial charge in [-0.05, 0) is 22.3 Å². The van der Waals surface area contributed by atoms with Gasteiger partial charge in [-0.15, -0.1) is 34.9 Å². The summed E-state index contributed by atoms with van der Waals surface area (Å²) in [5, 5.41) is 33.2. The molecule has 5 aromatic rings. The van der Waals surface area contributed by atoms with Crippen molar-refractivity contribution in [2.24, 2.45) is 5.16 Å². The number of pyridine rings is 1. The zero-order valence-electron chi connectivity index (χ0n) is 28.4. The lowest BCUT2D eigenvalue weighted by Gasteiger charge is -2.49. The van der Waals surface area contributed by atoms with Crippen LogP contribution >= 0.6 is 34.9 Å². The lowest BCUT2D eigenvalue weighted by Crippen LogP contribution is -2.71. The second-order valence-corrected chi connectivity index (χ2v) is 15.0. The van der Waals surface area contributed by atoms with Gasteiger partial charge in [-0.2, -0.15) is 9.12 Å². The lowest BCUT2D eigenvalue weighted by molar-refractivity contribution is -0.607. The van der Waals surface area contributed by atoms with Gasteiger partial charge >= 0.3 is 5.97 Å². The fourth-order valence-corrected chi connectivity index (χ4v) is 9.54. The van der Waals surface area contributed by atoms with Gasteiger partial charge in [0.25, 0.3) is 11.8 Å². The molecule has 54 heavy (non-hydrogen) atoms. The molecular formula is C38H31FN6O6S3. The van der Waals surface area contributed by atoms with E-state index in [2.05, 4.69) is 15.8 Å². The maximum Gasteiger partial charge on any atom is 0.352 e. The van der Waals surface area contributed by atoms with E-state index in [-0.39, 0.29) is 33.5 Å². The van der Waals surface area contributed by atoms with Crippen LogP contribution in [0.5, 0.6) is 0 Å². The van der Waals surface area contributed by atoms with Gasteiger partial charge in [-0.1, -0.05) is 96.2 Å². The van der Waals surface area contributed by atoms with Crippen molar-refractivity contribution in [1.29, 1.82) is 0 Å². The highest BCUT2D eigenvalue weighted by Gasteiger charge is 2.54. The first-order valence-electron chi connectivity index (χ1n) is 16.4. The lowest BCUT2D eigenvalue weighted by atomic mass is 9.77. The summed E-state index contributed by atoms with van der Waals surface area (Å²) in [4.78, 5) is 50.7. The smallest absolute Gasteiger partial charge is 0.352 e. The molecule has 0 saturated carbocycles. The fraction of sp³-hybridized carbons (Fsp3) is 0.158. The van der Waals surface area contributed by atoms with E-state index in [0.717, 1.165) is 45.7 Å².